The van der Waals surface area contributed by atoms with Crippen LogP contribution in [-0.2, 0) is 0 Å². The molecule has 1 aliphatic rings. The van der Waals surface area contributed by atoms with E-state index in [0.717, 1.165) is 15.7 Å². The van der Waals surface area contributed by atoms with Crippen LogP contribution in [0.2, 0.25) is 0 Å². The number of thiocarbonyl (C=S) groups is 1. The minimum atomic E-state index is 0.0899. The lowest BCUT2D eigenvalue weighted by molar-refractivity contribution is 0.765. The maximum absolute atomic E-state index is 5.31. The Morgan fingerprint density at radius 3 is 2.35 bits per heavy atom. The van der Waals surface area contributed by atoms with E-state index in [2.05, 4.69) is 56.9 Å². The summed E-state index contributed by atoms with van der Waals surface area (Å²) in [4.78, 5) is 0. The monoisotopic (exact) mass is 344 g/mol. The highest BCUT2D eigenvalue weighted by Gasteiger charge is 2.18. The van der Waals surface area contributed by atoms with Crippen molar-refractivity contribution in [2.75, 3.05) is 0 Å². The lowest BCUT2D eigenvalue weighted by Crippen LogP contribution is -2.40. The van der Waals surface area contributed by atoms with Gasteiger partial charge in [-0.05, 0) is 41.6 Å². The van der Waals surface area contributed by atoms with Crippen molar-refractivity contribution < 1.29 is 0 Å². The van der Waals surface area contributed by atoms with Crippen molar-refractivity contribution in [3.05, 3.63) is 76.3 Å². The lowest BCUT2D eigenvalue weighted by atomic mass is 10.0. The molecular formula is C16H13BrN2S. The summed E-state index contributed by atoms with van der Waals surface area (Å²) in [6, 6.07) is 18.6. The summed E-state index contributed by atoms with van der Waals surface area (Å²) in [6.07, 6.45) is 2.16. The second-order valence-electron chi connectivity index (χ2n) is 4.57. The molecule has 2 nitrogen and oxygen atoms in total. The average Bonchev–Trinajstić information content (AvgIpc) is 2.48. The molecule has 1 unspecified atom stereocenters. The maximum atomic E-state index is 5.31. The van der Waals surface area contributed by atoms with E-state index in [1.165, 1.54) is 5.56 Å². The zero-order valence-electron chi connectivity index (χ0n) is 10.6. The molecular weight excluding hydrogens is 332 g/mol. The quantitative estimate of drug-likeness (QED) is 0.805. The van der Waals surface area contributed by atoms with Crippen molar-refractivity contribution in [3.63, 3.8) is 0 Å². The summed E-state index contributed by atoms with van der Waals surface area (Å²) >= 11 is 8.77. The first kappa shape index (κ1) is 13.3. The number of benzene rings is 2. The van der Waals surface area contributed by atoms with Crippen LogP contribution in [0.4, 0.5) is 0 Å². The number of rotatable bonds is 2. The smallest absolute Gasteiger partial charge is 0.171 e. The van der Waals surface area contributed by atoms with Gasteiger partial charge in [0.2, 0.25) is 0 Å². The second-order valence-corrected chi connectivity index (χ2v) is 5.90. The molecule has 3 rings (SSSR count). The summed E-state index contributed by atoms with van der Waals surface area (Å²) in [5.74, 6) is 0. The zero-order valence-corrected chi connectivity index (χ0v) is 13.0. The molecule has 2 aromatic carbocycles. The molecule has 0 bridgehead atoms. The molecule has 1 atom stereocenters. The number of halogens is 1. The van der Waals surface area contributed by atoms with Gasteiger partial charge in [-0.1, -0.05) is 58.4 Å². The molecule has 4 heteroatoms. The summed E-state index contributed by atoms with van der Waals surface area (Å²) in [5.41, 5.74) is 3.37. The molecule has 1 aliphatic heterocycles. The largest absolute Gasteiger partial charge is 0.352 e. The predicted molar refractivity (Wildman–Crippen MR) is 90.2 cm³/mol. The van der Waals surface area contributed by atoms with Gasteiger partial charge in [0.05, 0.1) is 6.04 Å². The van der Waals surface area contributed by atoms with E-state index in [1.807, 2.05) is 30.3 Å². The molecule has 0 amide bonds. The van der Waals surface area contributed by atoms with Crippen molar-refractivity contribution >= 4 is 39.0 Å². The summed E-state index contributed by atoms with van der Waals surface area (Å²) in [6.45, 7) is 0. The van der Waals surface area contributed by atoms with Gasteiger partial charge in [0.1, 0.15) is 0 Å². The van der Waals surface area contributed by atoms with Crippen LogP contribution >= 0.6 is 28.1 Å². The molecule has 20 heavy (non-hydrogen) atoms. The van der Waals surface area contributed by atoms with Crippen LogP contribution < -0.4 is 10.6 Å². The van der Waals surface area contributed by atoms with Crippen molar-refractivity contribution in [3.8, 4) is 0 Å². The molecule has 0 saturated carbocycles. The van der Waals surface area contributed by atoms with E-state index < -0.39 is 0 Å². The van der Waals surface area contributed by atoms with Crippen LogP contribution in [0.1, 0.15) is 17.2 Å². The average molecular weight is 345 g/mol. The first-order valence-electron chi connectivity index (χ1n) is 6.32. The molecule has 0 aliphatic carbocycles. The summed E-state index contributed by atoms with van der Waals surface area (Å²) in [7, 11) is 0. The van der Waals surface area contributed by atoms with Crippen LogP contribution in [0, 0.1) is 0 Å². The molecule has 2 N–H and O–H groups in total. The molecule has 100 valence electrons. The second kappa shape index (κ2) is 5.77. The molecule has 0 fully saturated rings. The van der Waals surface area contributed by atoms with Gasteiger partial charge in [0.15, 0.2) is 5.11 Å². The molecule has 0 spiro atoms. The van der Waals surface area contributed by atoms with E-state index in [9.17, 15) is 0 Å². The fraction of sp³-hybridized carbons (Fsp3) is 0.0625. The third-order valence-corrected chi connectivity index (χ3v) is 3.93. The van der Waals surface area contributed by atoms with Gasteiger partial charge < -0.3 is 10.6 Å². The first-order chi connectivity index (χ1) is 9.72. The fourth-order valence-electron chi connectivity index (χ4n) is 2.19. The Morgan fingerprint density at radius 2 is 1.65 bits per heavy atom. The lowest BCUT2D eigenvalue weighted by Gasteiger charge is -2.26. The topological polar surface area (TPSA) is 24.1 Å². The van der Waals surface area contributed by atoms with E-state index in [0.29, 0.717) is 5.11 Å². The third kappa shape index (κ3) is 2.92. The zero-order chi connectivity index (χ0) is 13.9. The van der Waals surface area contributed by atoms with E-state index in [1.54, 1.807) is 0 Å². The number of nitrogens with one attached hydrogen (secondary N) is 2. The first-order valence-corrected chi connectivity index (χ1v) is 7.53. The van der Waals surface area contributed by atoms with Crippen LogP contribution in [0.5, 0.6) is 0 Å². The van der Waals surface area contributed by atoms with Gasteiger partial charge in [-0.15, -0.1) is 0 Å². The van der Waals surface area contributed by atoms with Crippen molar-refractivity contribution in [2.24, 2.45) is 0 Å². The van der Waals surface area contributed by atoms with E-state index >= 15 is 0 Å². The molecule has 2 aromatic rings. The summed E-state index contributed by atoms with van der Waals surface area (Å²) in [5, 5.41) is 7.15. The standard InChI is InChI=1S/C16H13BrN2S/c17-13-8-6-12(7-9-13)15-10-14(18-16(20)19-15)11-4-2-1-3-5-11/h1-10,15H,(H2,18,19,20). The van der Waals surface area contributed by atoms with E-state index in [-0.39, 0.29) is 6.04 Å². The number of hydrogen-bond donors (Lipinski definition) is 2. The normalized spacial score (nSPS) is 17.9. The van der Waals surface area contributed by atoms with Crippen LogP contribution in [-0.4, -0.2) is 5.11 Å². The van der Waals surface area contributed by atoms with Gasteiger partial charge in [-0.2, -0.15) is 0 Å². The van der Waals surface area contributed by atoms with Crippen molar-refractivity contribution in [1.82, 2.24) is 10.6 Å². The highest BCUT2D eigenvalue weighted by molar-refractivity contribution is 9.10. The molecule has 1 heterocycles. The highest BCUT2D eigenvalue weighted by atomic mass is 79.9. The van der Waals surface area contributed by atoms with Crippen molar-refractivity contribution in [2.45, 2.75) is 6.04 Å². The molecule has 0 radical (unpaired) electrons. The van der Waals surface area contributed by atoms with Gasteiger partial charge >= 0.3 is 0 Å². The van der Waals surface area contributed by atoms with Gasteiger partial charge in [-0.3, -0.25) is 0 Å². The van der Waals surface area contributed by atoms with Crippen LogP contribution in [0.25, 0.3) is 5.70 Å². The van der Waals surface area contributed by atoms with Gasteiger partial charge in [0.25, 0.3) is 0 Å². The van der Waals surface area contributed by atoms with Crippen LogP contribution in [0.3, 0.4) is 0 Å². The number of hydrogen-bond acceptors (Lipinski definition) is 1. The van der Waals surface area contributed by atoms with Gasteiger partial charge in [0, 0.05) is 10.2 Å². The van der Waals surface area contributed by atoms with Gasteiger partial charge in [-0.25, -0.2) is 0 Å². The molecule has 0 aromatic heterocycles. The predicted octanol–water partition coefficient (Wildman–Crippen LogP) is 4.01. The third-order valence-electron chi connectivity index (χ3n) is 3.18. The Labute approximate surface area is 132 Å². The minimum Gasteiger partial charge on any atom is -0.352 e. The van der Waals surface area contributed by atoms with E-state index in [4.69, 9.17) is 12.2 Å². The Bertz CT molecular complexity index is 650. The fourth-order valence-corrected chi connectivity index (χ4v) is 2.69. The molecule has 0 saturated heterocycles. The Hall–Kier alpha value is -1.65. The SMILES string of the molecule is S=C1NC(c2ccccc2)=CC(c2ccc(Br)cc2)N1. The van der Waals surface area contributed by atoms with Crippen molar-refractivity contribution in [1.29, 1.82) is 0 Å². The maximum Gasteiger partial charge on any atom is 0.171 e. The minimum absolute atomic E-state index is 0.0899. The van der Waals surface area contributed by atoms with Crippen LogP contribution in [0.15, 0.2) is 65.1 Å². The summed E-state index contributed by atoms with van der Waals surface area (Å²) < 4.78 is 1.07. The highest BCUT2D eigenvalue weighted by Crippen LogP contribution is 2.24. The Balaban J connectivity index is 1.95. The Morgan fingerprint density at radius 1 is 0.950 bits per heavy atom. The Kier molecular flexibility index (Phi) is 3.85.